The van der Waals surface area contributed by atoms with Crippen molar-refractivity contribution in [2.45, 2.75) is 37.8 Å². The average molecular weight is 298 g/mol. The van der Waals surface area contributed by atoms with Gasteiger partial charge in [0, 0.05) is 25.2 Å². The normalized spacial score (nSPS) is 24.6. The van der Waals surface area contributed by atoms with E-state index in [1.54, 1.807) is 12.1 Å². The van der Waals surface area contributed by atoms with Crippen LogP contribution in [0.5, 0.6) is 5.75 Å². The molecule has 5 nitrogen and oxygen atoms in total. The van der Waals surface area contributed by atoms with Crippen molar-refractivity contribution in [3.8, 4) is 5.75 Å². The Morgan fingerprint density at radius 3 is 2.40 bits per heavy atom. The van der Waals surface area contributed by atoms with Crippen LogP contribution in [-0.4, -0.2) is 45.0 Å². The summed E-state index contributed by atoms with van der Waals surface area (Å²) in [6.07, 6.45) is 0. The van der Waals surface area contributed by atoms with Crippen LogP contribution in [0.4, 0.5) is 0 Å². The van der Waals surface area contributed by atoms with E-state index in [4.69, 9.17) is 4.74 Å². The zero-order chi connectivity index (χ0) is 14.9. The van der Waals surface area contributed by atoms with Crippen LogP contribution in [0.1, 0.15) is 19.4 Å². The van der Waals surface area contributed by atoms with Crippen molar-refractivity contribution in [3.63, 3.8) is 0 Å². The number of rotatable bonds is 3. The SMILES string of the molecule is COc1ccc(C)cc1S(=O)(=O)N1CC(C)NC(C)C1. The first kappa shape index (κ1) is 15.3. The van der Waals surface area contributed by atoms with Gasteiger partial charge in [0.1, 0.15) is 10.6 Å². The molecule has 0 aliphatic carbocycles. The number of hydrogen-bond acceptors (Lipinski definition) is 4. The molecule has 112 valence electrons. The van der Waals surface area contributed by atoms with Crippen LogP contribution in [0.3, 0.4) is 0 Å². The highest BCUT2D eigenvalue weighted by molar-refractivity contribution is 7.89. The van der Waals surface area contributed by atoms with E-state index in [0.29, 0.717) is 18.8 Å². The molecule has 1 N–H and O–H groups in total. The molecule has 2 unspecified atom stereocenters. The molecule has 0 amide bonds. The fourth-order valence-electron chi connectivity index (χ4n) is 2.60. The highest BCUT2D eigenvalue weighted by Gasteiger charge is 2.33. The van der Waals surface area contributed by atoms with E-state index in [1.165, 1.54) is 11.4 Å². The number of aryl methyl sites for hydroxylation is 1. The molecule has 0 aromatic heterocycles. The lowest BCUT2D eigenvalue weighted by Gasteiger charge is -2.35. The Morgan fingerprint density at radius 2 is 1.85 bits per heavy atom. The Bertz CT molecular complexity index is 576. The van der Waals surface area contributed by atoms with Crippen LogP contribution >= 0.6 is 0 Å². The maximum atomic E-state index is 12.8. The third-order valence-corrected chi connectivity index (χ3v) is 5.31. The highest BCUT2D eigenvalue weighted by Crippen LogP contribution is 2.28. The highest BCUT2D eigenvalue weighted by atomic mass is 32.2. The molecule has 0 bridgehead atoms. The summed E-state index contributed by atoms with van der Waals surface area (Å²) in [5.74, 6) is 0.398. The summed E-state index contributed by atoms with van der Waals surface area (Å²) in [5.41, 5.74) is 0.903. The fourth-order valence-corrected chi connectivity index (χ4v) is 4.46. The monoisotopic (exact) mass is 298 g/mol. The molecule has 1 aliphatic heterocycles. The standard InChI is InChI=1S/C14H22N2O3S/c1-10-5-6-13(19-4)14(7-10)20(17,18)16-8-11(2)15-12(3)9-16/h5-7,11-12,15H,8-9H2,1-4H3. The number of nitrogens with zero attached hydrogens (tertiary/aromatic N) is 1. The van der Waals surface area contributed by atoms with Gasteiger partial charge in [0.15, 0.2) is 0 Å². The van der Waals surface area contributed by atoms with Crippen LogP contribution in [0.15, 0.2) is 23.1 Å². The lowest BCUT2D eigenvalue weighted by molar-refractivity contribution is 0.262. The van der Waals surface area contributed by atoms with Gasteiger partial charge in [0.2, 0.25) is 10.0 Å². The summed E-state index contributed by atoms with van der Waals surface area (Å²) in [7, 11) is -2.03. The Kier molecular flexibility index (Phi) is 4.36. The second-order valence-corrected chi connectivity index (χ2v) is 7.35. The zero-order valence-corrected chi connectivity index (χ0v) is 13.2. The molecular formula is C14H22N2O3S. The Balaban J connectivity index is 2.42. The Hall–Kier alpha value is -1.11. The van der Waals surface area contributed by atoms with Crippen molar-refractivity contribution in [2.24, 2.45) is 0 Å². The molecule has 6 heteroatoms. The van der Waals surface area contributed by atoms with Crippen molar-refractivity contribution in [1.82, 2.24) is 9.62 Å². The van der Waals surface area contributed by atoms with Gasteiger partial charge >= 0.3 is 0 Å². The van der Waals surface area contributed by atoms with Gasteiger partial charge in [-0.05, 0) is 38.5 Å². The van der Waals surface area contributed by atoms with Gasteiger partial charge in [-0.15, -0.1) is 0 Å². The topological polar surface area (TPSA) is 58.6 Å². The first-order valence-corrected chi connectivity index (χ1v) is 8.19. The maximum Gasteiger partial charge on any atom is 0.246 e. The number of benzene rings is 1. The molecule has 1 aromatic rings. The van der Waals surface area contributed by atoms with Crippen LogP contribution in [0.25, 0.3) is 0 Å². The fraction of sp³-hybridized carbons (Fsp3) is 0.571. The van der Waals surface area contributed by atoms with Crippen LogP contribution < -0.4 is 10.1 Å². The lowest BCUT2D eigenvalue weighted by atomic mass is 10.2. The van der Waals surface area contributed by atoms with Crippen molar-refractivity contribution in [3.05, 3.63) is 23.8 Å². The molecule has 1 saturated heterocycles. The summed E-state index contributed by atoms with van der Waals surface area (Å²) < 4.78 is 32.4. The molecule has 0 spiro atoms. The minimum absolute atomic E-state index is 0.143. The molecule has 0 saturated carbocycles. The molecule has 2 atom stereocenters. The largest absolute Gasteiger partial charge is 0.495 e. The zero-order valence-electron chi connectivity index (χ0n) is 12.4. The lowest BCUT2D eigenvalue weighted by Crippen LogP contribution is -2.55. The van der Waals surface area contributed by atoms with Crippen molar-refractivity contribution in [1.29, 1.82) is 0 Å². The summed E-state index contributed by atoms with van der Waals surface area (Å²) in [6, 6.07) is 5.51. The van der Waals surface area contributed by atoms with Crippen molar-refractivity contribution in [2.75, 3.05) is 20.2 Å². The second kappa shape index (κ2) is 5.71. The Labute approximate surface area is 121 Å². The third-order valence-electron chi connectivity index (χ3n) is 3.46. The number of ether oxygens (including phenoxy) is 1. The summed E-state index contributed by atoms with van der Waals surface area (Å²) >= 11 is 0. The quantitative estimate of drug-likeness (QED) is 0.916. The smallest absolute Gasteiger partial charge is 0.246 e. The van der Waals surface area contributed by atoms with Gasteiger partial charge in [0.25, 0.3) is 0 Å². The molecule has 0 radical (unpaired) electrons. The minimum Gasteiger partial charge on any atom is -0.495 e. The predicted molar refractivity (Wildman–Crippen MR) is 78.5 cm³/mol. The van der Waals surface area contributed by atoms with Gasteiger partial charge < -0.3 is 10.1 Å². The van der Waals surface area contributed by atoms with E-state index < -0.39 is 10.0 Å². The molecule has 1 aromatic carbocycles. The van der Waals surface area contributed by atoms with Crippen LogP contribution in [0, 0.1) is 6.92 Å². The number of sulfonamides is 1. The van der Waals surface area contributed by atoms with Crippen molar-refractivity contribution < 1.29 is 13.2 Å². The average Bonchev–Trinajstić information content (AvgIpc) is 2.37. The molecule has 1 heterocycles. The van der Waals surface area contributed by atoms with Crippen LogP contribution in [0.2, 0.25) is 0 Å². The van der Waals surface area contributed by atoms with Gasteiger partial charge in [-0.25, -0.2) is 8.42 Å². The Morgan fingerprint density at radius 1 is 1.25 bits per heavy atom. The van der Waals surface area contributed by atoms with Gasteiger partial charge in [-0.3, -0.25) is 0 Å². The second-order valence-electron chi connectivity index (χ2n) is 5.45. The molecular weight excluding hydrogens is 276 g/mol. The van der Waals surface area contributed by atoms with Gasteiger partial charge in [-0.1, -0.05) is 6.07 Å². The van der Waals surface area contributed by atoms with E-state index in [2.05, 4.69) is 5.32 Å². The number of methoxy groups -OCH3 is 1. The van der Waals surface area contributed by atoms with E-state index in [0.717, 1.165) is 5.56 Å². The molecule has 1 fully saturated rings. The first-order chi connectivity index (χ1) is 9.34. The summed E-state index contributed by atoms with van der Waals surface area (Å²) in [6.45, 7) is 6.81. The molecule has 1 aliphatic rings. The molecule has 2 rings (SSSR count). The van der Waals surface area contributed by atoms with E-state index in [1.807, 2.05) is 26.8 Å². The minimum atomic E-state index is -3.52. The maximum absolute atomic E-state index is 12.8. The first-order valence-electron chi connectivity index (χ1n) is 6.75. The van der Waals surface area contributed by atoms with E-state index in [-0.39, 0.29) is 17.0 Å². The van der Waals surface area contributed by atoms with Gasteiger partial charge in [0.05, 0.1) is 7.11 Å². The van der Waals surface area contributed by atoms with Gasteiger partial charge in [-0.2, -0.15) is 4.31 Å². The molecule has 20 heavy (non-hydrogen) atoms. The van der Waals surface area contributed by atoms with E-state index in [9.17, 15) is 8.42 Å². The van der Waals surface area contributed by atoms with Crippen LogP contribution in [-0.2, 0) is 10.0 Å². The predicted octanol–water partition coefficient (Wildman–Crippen LogP) is 1.37. The summed E-state index contributed by atoms with van der Waals surface area (Å²) in [5, 5.41) is 3.34. The third kappa shape index (κ3) is 2.97. The number of hydrogen-bond donors (Lipinski definition) is 1. The number of nitrogens with one attached hydrogen (secondary N) is 1. The van der Waals surface area contributed by atoms with Crippen molar-refractivity contribution >= 4 is 10.0 Å². The number of piperazine rings is 1. The van der Waals surface area contributed by atoms with E-state index >= 15 is 0 Å². The summed E-state index contributed by atoms with van der Waals surface area (Å²) in [4.78, 5) is 0.251.